The molecule has 2 aromatic heterocycles. The molecule has 0 saturated carbocycles. The number of aromatic nitrogens is 2. The number of hydrogen-bond donors (Lipinski definition) is 2. The number of carbonyl (C=O) groups is 1. The molecular weight excluding hydrogens is 386 g/mol. The van der Waals surface area contributed by atoms with Gasteiger partial charge in [0.15, 0.2) is 0 Å². The van der Waals surface area contributed by atoms with Crippen molar-refractivity contribution in [2.24, 2.45) is 0 Å². The monoisotopic (exact) mass is 407 g/mol. The first-order valence-electron chi connectivity index (χ1n) is 9.43. The Morgan fingerprint density at radius 1 is 1.24 bits per heavy atom. The summed E-state index contributed by atoms with van der Waals surface area (Å²) in [6.45, 7) is 5.72. The van der Waals surface area contributed by atoms with Crippen LogP contribution in [0.5, 0.6) is 0 Å². The largest absolute Gasteiger partial charge is 0.462 e. The van der Waals surface area contributed by atoms with Gasteiger partial charge in [0.05, 0.1) is 18.0 Å². The van der Waals surface area contributed by atoms with E-state index in [0.29, 0.717) is 26.5 Å². The first-order valence-corrected chi connectivity index (χ1v) is 10.3. The average molecular weight is 407 g/mol. The van der Waals surface area contributed by atoms with Gasteiger partial charge < -0.3 is 15.0 Å². The van der Waals surface area contributed by atoms with Crippen LogP contribution >= 0.6 is 11.3 Å². The maximum absolute atomic E-state index is 12.7. The molecule has 29 heavy (non-hydrogen) atoms. The van der Waals surface area contributed by atoms with Gasteiger partial charge in [-0.2, -0.15) is 0 Å². The second-order valence-electron chi connectivity index (χ2n) is 6.84. The summed E-state index contributed by atoms with van der Waals surface area (Å²) in [7, 11) is 0. The highest BCUT2D eigenvalue weighted by molar-refractivity contribution is 7.20. The molecule has 0 aliphatic carbocycles. The number of thiophene rings is 1. The third kappa shape index (κ3) is 3.61. The first-order chi connectivity index (χ1) is 14.0. The number of fused-ring (bicyclic) bond motifs is 2. The zero-order valence-electron chi connectivity index (χ0n) is 16.4. The number of carbonyl (C=O) groups excluding carboxylic acids is 1. The van der Waals surface area contributed by atoms with E-state index in [9.17, 15) is 9.59 Å². The van der Waals surface area contributed by atoms with E-state index in [4.69, 9.17) is 4.74 Å². The van der Waals surface area contributed by atoms with Crippen molar-refractivity contribution in [3.05, 3.63) is 69.1 Å². The molecule has 6 nitrogen and oxygen atoms in total. The zero-order valence-corrected chi connectivity index (χ0v) is 17.2. The smallest absolute Gasteiger partial charge is 0.348 e. The van der Waals surface area contributed by atoms with Crippen molar-refractivity contribution in [1.82, 2.24) is 9.97 Å². The van der Waals surface area contributed by atoms with Crippen molar-refractivity contribution in [2.45, 2.75) is 26.8 Å². The van der Waals surface area contributed by atoms with E-state index in [1.54, 1.807) is 13.8 Å². The predicted octanol–water partition coefficient (Wildman–Crippen LogP) is 4.80. The number of aromatic amines is 1. The molecule has 4 aromatic rings. The molecule has 0 amide bonds. The van der Waals surface area contributed by atoms with Gasteiger partial charge in [0, 0.05) is 5.69 Å². The summed E-state index contributed by atoms with van der Waals surface area (Å²) < 4.78 is 5.09. The van der Waals surface area contributed by atoms with E-state index in [2.05, 4.69) is 39.6 Å². The molecule has 0 spiro atoms. The highest BCUT2D eigenvalue weighted by Gasteiger charge is 2.21. The molecule has 0 aliphatic heterocycles. The maximum Gasteiger partial charge on any atom is 0.348 e. The highest BCUT2D eigenvalue weighted by Crippen LogP contribution is 2.29. The van der Waals surface area contributed by atoms with Gasteiger partial charge in [0.25, 0.3) is 5.56 Å². The Labute approximate surface area is 171 Å². The van der Waals surface area contributed by atoms with Gasteiger partial charge >= 0.3 is 5.97 Å². The molecule has 0 unspecified atom stereocenters. The van der Waals surface area contributed by atoms with Crippen LogP contribution < -0.4 is 10.9 Å². The number of rotatable bonds is 5. The van der Waals surface area contributed by atoms with E-state index in [1.165, 1.54) is 16.7 Å². The Kier molecular flexibility index (Phi) is 5.07. The zero-order chi connectivity index (χ0) is 20.5. The minimum absolute atomic E-state index is 0.221. The average Bonchev–Trinajstić information content (AvgIpc) is 3.05. The fourth-order valence-corrected chi connectivity index (χ4v) is 4.44. The molecule has 0 saturated heterocycles. The van der Waals surface area contributed by atoms with Crippen LogP contribution in [0.25, 0.3) is 21.0 Å². The van der Waals surface area contributed by atoms with Crippen LogP contribution in [0.2, 0.25) is 0 Å². The van der Waals surface area contributed by atoms with Crippen molar-refractivity contribution in [3.63, 3.8) is 0 Å². The standard InChI is InChI=1S/C22H21N3O3S/c1-4-28-22(27)18-12(2)17-20(26)24-19(25-21(17)29-18)13(3)23-16-10-9-14-7-5-6-8-15(14)11-16/h5-11,13,23H,4H2,1-3H3,(H,24,25,26)/t13-/m1/s1. The molecule has 0 radical (unpaired) electrons. The third-order valence-corrected chi connectivity index (χ3v) is 5.99. The summed E-state index contributed by atoms with van der Waals surface area (Å²) in [5.41, 5.74) is 1.30. The quantitative estimate of drug-likeness (QED) is 0.465. The lowest BCUT2D eigenvalue weighted by Gasteiger charge is -2.15. The molecule has 0 aliphatic rings. The second kappa shape index (κ2) is 7.67. The van der Waals surface area contributed by atoms with Gasteiger partial charge in [0.2, 0.25) is 0 Å². The van der Waals surface area contributed by atoms with Crippen LogP contribution in [0.1, 0.15) is 40.9 Å². The lowest BCUT2D eigenvalue weighted by molar-refractivity contribution is 0.0531. The molecule has 0 fully saturated rings. The Hall–Kier alpha value is -3.19. The number of nitrogens with zero attached hydrogens (tertiary/aromatic N) is 1. The summed E-state index contributed by atoms with van der Waals surface area (Å²) in [4.78, 5) is 33.3. The van der Waals surface area contributed by atoms with Crippen molar-refractivity contribution < 1.29 is 9.53 Å². The van der Waals surface area contributed by atoms with Crippen LogP contribution in [0.15, 0.2) is 47.3 Å². The molecular formula is C22H21N3O3S. The van der Waals surface area contributed by atoms with Crippen molar-refractivity contribution in [1.29, 1.82) is 0 Å². The van der Waals surface area contributed by atoms with Gasteiger partial charge in [-0.05, 0) is 49.2 Å². The van der Waals surface area contributed by atoms with Gasteiger partial charge in [-0.15, -0.1) is 11.3 Å². The van der Waals surface area contributed by atoms with Crippen molar-refractivity contribution in [3.8, 4) is 0 Å². The highest BCUT2D eigenvalue weighted by atomic mass is 32.1. The van der Waals surface area contributed by atoms with Gasteiger partial charge in [-0.1, -0.05) is 30.3 Å². The van der Waals surface area contributed by atoms with Crippen LogP contribution in [0.3, 0.4) is 0 Å². The SMILES string of the molecule is CCOC(=O)c1sc2nc([C@@H](C)Nc3ccc4ccccc4c3)[nH]c(=O)c2c1C. The molecule has 4 rings (SSSR count). The van der Waals surface area contributed by atoms with Crippen LogP contribution in [0, 0.1) is 6.92 Å². The first kappa shape index (κ1) is 19.1. The summed E-state index contributed by atoms with van der Waals surface area (Å²) in [5, 5.41) is 6.13. The van der Waals surface area contributed by atoms with Gasteiger partial charge in [-0.3, -0.25) is 4.79 Å². The Bertz CT molecular complexity index is 1280. The molecule has 0 bridgehead atoms. The lowest BCUT2D eigenvalue weighted by Crippen LogP contribution is -2.17. The van der Waals surface area contributed by atoms with E-state index in [0.717, 1.165) is 11.1 Å². The number of nitrogens with one attached hydrogen (secondary N) is 2. The topological polar surface area (TPSA) is 84.1 Å². The van der Waals surface area contributed by atoms with Crippen molar-refractivity contribution in [2.75, 3.05) is 11.9 Å². The van der Waals surface area contributed by atoms with E-state index >= 15 is 0 Å². The number of anilines is 1. The van der Waals surface area contributed by atoms with Crippen LogP contribution in [-0.2, 0) is 4.74 Å². The summed E-state index contributed by atoms with van der Waals surface area (Å²) >= 11 is 1.19. The predicted molar refractivity (Wildman–Crippen MR) is 117 cm³/mol. The summed E-state index contributed by atoms with van der Waals surface area (Å²) in [6, 6.07) is 14.0. The van der Waals surface area contributed by atoms with Gasteiger partial charge in [-0.25, -0.2) is 9.78 Å². The molecule has 2 N–H and O–H groups in total. The maximum atomic E-state index is 12.7. The van der Waals surface area contributed by atoms with Crippen LogP contribution in [0.4, 0.5) is 5.69 Å². The fourth-order valence-electron chi connectivity index (χ4n) is 3.35. The van der Waals surface area contributed by atoms with E-state index in [1.807, 2.05) is 25.1 Å². The Morgan fingerprint density at radius 3 is 2.76 bits per heavy atom. The number of ether oxygens (including phenoxy) is 1. The molecule has 7 heteroatoms. The minimum Gasteiger partial charge on any atom is -0.462 e. The number of esters is 1. The number of benzene rings is 2. The Balaban J connectivity index is 1.67. The number of H-pyrrole nitrogens is 1. The second-order valence-corrected chi connectivity index (χ2v) is 7.84. The van der Waals surface area contributed by atoms with Gasteiger partial charge in [0.1, 0.15) is 15.5 Å². The normalized spacial score (nSPS) is 12.2. The molecule has 148 valence electrons. The minimum atomic E-state index is -0.420. The van der Waals surface area contributed by atoms with E-state index < -0.39 is 5.97 Å². The molecule has 2 aromatic carbocycles. The van der Waals surface area contributed by atoms with E-state index in [-0.39, 0.29) is 18.2 Å². The summed E-state index contributed by atoms with van der Waals surface area (Å²) in [6.07, 6.45) is 0. The molecule has 1 atom stereocenters. The number of aryl methyl sites for hydroxylation is 1. The fraction of sp³-hybridized carbons (Fsp3) is 0.227. The Morgan fingerprint density at radius 2 is 2.00 bits per heavy atom. The molecule has 2 heterocycles. The summed E-state index contributed by atoms with van der Waals surface area (Å²) in [5.74, 6) is 0.101. The van der Waals surface area contributed by atoms with Crippen molar-refractivity contribution >= 4 is 44.0 Å². The third-order valence-electron chi connectivity index (χ3n) is 4.82. The lowest BCUT2D eigenvalue weighted by atomic mass is 10.1. The number of hydrogen-bond acceptors (Lipinski definition) is 6. The van der Waals surface area contributed by atoms with Crippen LogP contribution in [-0.4, -0.2) is 22.5 Å².